The van der Waals surface area contributed by atoms with E-state index in [4.69, 9.17) is 5.14 Å². The fraction of sp³-hybridized carbons (Fsp3) is 0.278. The summed E-state index contributed by atoms with van der Waals surface area (Å²) in [6.45, 7) is 3.14. The summed E-state index contributed by atoms with van der Waals surface area (Å²) in [7, 11) is -4.14. The molecule has 0 saturated carbocycles. The molecule has 0 radical (unpaired) electrons. The number of aliphatic hydroxyl groups excluding tert-OH is 1. The number of nitrogens with zero attached hydrogens (tertiary/aromatic N) is 4. The Kier molecular flexibility index (Phi) is 6.22. The van der Waals surface area contributed by atoms with Crippen LogP contribution in [0.25, 0.3) is 11.3 Å². The fourth-order valence-corrected chi connectivity index (χ4v) is 3.19. The van der Waals surface area contributed by atoms with Crippen molar-refractivity contribution in [3.05, 3.63) is 48.2 Å². The van der Waals surface area contributed by atoms with Crippen LogP contribution in [0.1, 0.15) is 25.5 Å². The number of aliphatic hydroxyl groups is 1. The number of nitrogens with one attached hydrogen (secondary N) is 1. The van der Waals surface area contributed by atoms with Crippen LogP contribution in [0.3, 0.4) is 0 Å². The second-order valence-electron chi connectivity index (χ2n) is 6.96. The highest BCUT2D eigenvalue weighted by Gasteiger charge is 2.36. The summed E-state index contributed by atoms with van der Waals surface area (Å²) in [6, 6.07) is 2.21. The van der Waals surface area contributed by atoms with Gasteiger partial charge in [-0.05, 0) is 32.0 Å². The van der Waals surface area contributed by atoms with Gasteiger partial charge in [0.1, 0.15) is 11.4 Å². The van der Waals surface area contributed by atoms with Gasteiger partial charge in [-0.25, -0.2) is 27.9 Å². The van der Waals surface area contributed by atoms with Crippen molar-refractivity contribution >= 4 is 21.7 Å². The number of hydrogen-bond donors (Lipinski definition) is 3. The van der Waals surface area contributed by atoms with E-state index < -0.39 is 50.3 Å². The van der Waals surface area contributed by atoms with Gasteiger partial charge in [0.25, 0.3) is 0 Å². The van der Waals surface area contributed by atoms with Crippen LogP contribution in [0.5, 0.6) is 0 Å². The van der Waals surface area contributed by atoms with E-state index in [-0.39, 0.29) is 17.2 Å². The zero-order valence-corrected chi connectivity index (χ0v) is 17.5. The SMILES string of the molecule is C[C@H]([C@@H](C)O)n1cc(-c2nc(Nc3ccc(S(N)(=O)=O)cc3F)ncc2C(F)(F)F)cn1. The highest BCUT2D eigenvalue weighted by atomic mass is 32.2. The molecule has 9 nitrogen and oxygen atoms in total. The number of alkyl halides is 3. The lowest BCUT2D eigenvalue weighted by Gasteiger charge is -2.15. The Balaban J connectivity index is 2.02. The minimum Gasteiger partial charge on any atom is -0.391 e. The molecule has 2 aromatic heterocycles. The molecule has 4 N–H and O–H groups in total. The molecule has 172 valence electrons. The quantitative estimate of drug-likeness (QED) is 0.468. The third-order valence-electron chi connectivity index (χ3n) is 4.60. The van der Waals surface area contributed by atoms with Gasteiger partial charge in [-0.2, -0.15) is 18.3 Å². The van der Waals surface area contributed by atoms with Gasteiger partial charge in [0.15, 0.2) is 0 Å². The standard InChI is InChI=1S/C18H18F4N6O3S/c1-9(10(2)29)28-8-11(6-25-28)16-13(18(20,21)22)7-24-17(27-16)26-15-4-3-12(5-14(15)19)32(23,30)31/h3-10,29H,1-2H3,(H2,23,30,31)(H,24,26,27)/t9-,10-/m1/s1. The van der Waals surface area contributed by atoms with E-state index in [0.29, 0.717) is 12.3 Å². The number of halogens is 4. The smallest absolute Gasteiger partial charge is 0.391 e. The number of hydrogen-bond acceptors (Lipinski definition) is 7. The van der Waals surface area contributed by atoms with Gasteiger partial charge in [-0.1, -0.05) is 0 Å². The van der Waals surface area contributed by atoms with Crippen molar-refractivity contribution in [2.24, 2.45) is 5.14 Å². The largest absolute Gasteiger partial charge is 0.419 e. The molecule has 2 atom stereocenters. The molecule has 32 heavy (non-hydrogen) atoms. The van der Waals surface area contributed by atoms with Crippen LogP contribution in [0.2, 0.25) is 0 Å². The van der Waals surface area contributed by atoms with E-state index in [1.165, 1.54) is 17.8 Å². The molecule has 1 aromatic carbocycles. The van der Waals surface area contributed by atoms with Gasteiger partial charge in [-0.3, -0.25) is 4.68 Å². The summed E-state index contributed by atoms with van der Waals surface area (Å²) in [5, 5.41) is 21.0. The van der Waals surface area contributed by atoms with Gasteiger partial charge in [0.05, 0.1) is 34.6 Å². The molecule has 0 aliphatic heterocycles. The number of aromatic nitrogens is 4. The molecular formula is C18H18F4N6O3S. The van der Waals surface area contributed by atoms with Crippen molar-refractivity contribution in [2.45, 2.75) is 37.1 Å². The monoisotopic (exact) mass is 474 g/mol. The predicted molar refractivity (Wildman–Crippen MR) is 106 cm³/mol. The molecule has 0 saturated heterocycles. The second-order valence-corrected chi connectivity index (χ2v) is 8.52. The van der Waals surface area contributed by atoms with Crippen molar-refractivity contribution in [3.8, 4) is 11.3 Å². The maximum absolute atomic E-state index is 14.3. The molecule has 0 spiro atoms. The lowest BCUT2D eigenvalue weighted by Crippen LogP contribution is -2.18. The van der Waals surface area contributed by atoms with Crippen LogP contribution in [-0.2, 0) is 16.2 Å². The maximum Gasteiger partial charge on any atom is 0.419 e. The molecule has 0 fully saturated rings. The van der Waals surface area contributed by atoms with Gasteiger partial charge >= 0.3 is 6.18 Å². The molecule has 0 aliphatic rings. The zero-order chi connectivity index (χ0) is 23.8. The van der Waals surface area contributed by atoms with Crippen LogP contribution in [0.15, 0.2) is 41.7 Å². The number of benzene rings is 1. The zero-order valence-electron chi connectivity index (χ0n) is 16.7. The van der Waals surface area contributed by atoms with Crippen molar-refractivity contribution < 1.29 is 31.1 Å². The van der Waals surface area contributed by atoms with E-state index >= 15 is 0 Å². The molecule has 0 amide bonds. The van der Waals surface area contributed by atoms with E-state index in [0.717, 1.165) is 18.3 Å². The maximum atomic E-state index is 14.3. The molecular weight excluding hydrogens is 456 g/mol. The summed E-state index contributed by atoms with van der Waals surface area (Å²) < 4.78 is 78.7. The Bertz CT molecular complexity index is 1240. The Hall–Kier alpha value is -3.10. The van der Waals surface area contributed by atoms with Crippen LogP contribution in [0.4, 0.5) is 29.2 Å². The van der Waals surface area contributed by atoms with E-state index in [1.54, 1.807) is 6.92 Å². The highest BCUT2D eigenvalue weighted by Crippen LogP contribution is 2.36. The lowest BCUT2D eigenvalue weighted by molar-refractivity contribution is -0.137. The molecule has 0 bridgehead atoms. The number of nitrogens with two attached hydrogens (primary N) is 1. The minimum absolute atomic E-state index is 0.000296. The Morgan fingerprint density at radius 3 is 2.47 bits per heavy atom. The molecule has 3 aromatic rings. The molecule has 3 rings (SSSR count). The van der Waals surface area contributed by atoms with Gasteiger partial charge in [0.2, 0.25) is 16.0 Å². The minimum atomic E-state index is -4.78. The Labute approximate surface area is 180 Å². The summed E-state index contributed by atoms with van der Waals surface area (Å²) in [5.74, 6) is -1.40. The van der Waals surface area contributed by atoms with E-state index in [1.807, 2.05) is 0 Å². The highest BCUT2D eigenvalue weighted by molar-refractivity contribution is 7.89. The number of primary sulfonamides is 1. The normalized spacial score (nSPS) is 14.2. The summed E-state index contributed by atoms with van der Waals surface area (Å²) in [4.78, 5) is 6.98. The first kappa shape index (κ1) is 23.6. The third kappa shape index (κ3) is 5.03. The number of anilines is 2. The number of sulfonamides is 1. The first-order valence-corrected chi connectivity index (χ1v) is 10.6. The third-order valence-corrected chi connectivity index (χ3v) is 5.51. The van der Waals surface area contributed by atoms with Crippen molar-refractivity contribution in [1.29, 1.82) is 0 Å². The summed E-state index contributed by atoms with van der Waals surface area (Å²) in [6.07, 6.45) is -2.61. The molecule has 0 unspecified atom stereocenters. The average molecular weight is 474 g/mol. The van der Waals surface area contributed by atoms with E-state index in [2.05, 4.69) is 20.4 Å². The van der Waals surface area contributed by atoms with Crippen LogP contribution < -0.4 is 10.5 Å². The first-order chi connectivity index (χ1) is 14.8. The summed E-state index contributed by atoms with van der Waals surface area (Å²) >= 11 is 0. The second kappa shape index (κ2) is 8.44. The van der Waals surface area contributed by atoms with Gasteiger partial charge < -0.3 is 10.4 Å². The molecule has 2 heterocycles. The van der Waals surface area contributed by atoms with E-state index in [9.17, 15) is 31.1 Å². The molecule has 0 aliphatic carbocycles. The van der Waals surface area contributed by atoms with Crippen molar-refractivity contribution in [3.63, 3.8) is 0 Å². The van der Waals surface area contributed by atoms with Crippen LogP contribution in [-0.4, -0.2) is 39.4 Å². The van der Waals surface area contributed by atoms with Gasteiger partial charge in [-0.15, -0.1) is 0 Å². The topological polar surface area (TPSA) is 136 Å². The first-order valence-electron chi connectivity index (χ1n) is 9.03. The number of rotatable bonds is 6. The van der Waals surface area contributed by atoms with Crippen LogP contribution in [0, 0.1) is 5.82 Å². The lowest BCUT2D eigenvalue weighted by atomic mass is 10.1. The van der Waals surface area contributed by atoms with Crippen molar-refractivity contribution in [1.82, 2.24) is 19.7 Å². The Morgan fingerprint density at radius 2 is 1.91 bits per heavy atom. The van der Waals surface area contributed by atoms with Gasteiger partial charge in [0, 0.05) is 18.0 Å². The fourth-order valence-electron chi connectivity index (χ4n) is 2.67. The predicted octanol–water partition coefficient (Wildman–Crippen LogP) is 2.83. The van der Waals surface area contributed by atoms with Crippen LogP contribution >= 0.6 is 0 Å². The van der Waals surface area contributed by atoms with Crippen molar-refractivity contribution in [2.75, 3.05) is 5.32 Å². The summed E-state index contributed by atoms with van der Waals surface area (Å²) in [5.41, 5.74) is -1.93. The Morgan fingerprint density at radius 1 is 1.22 bits per heavy atom. The average Bonchev–Trinajstić information content (AvgIpc) is 3.17. The molecule has 14 heteroatoms.